The van der Waals surface area contributed by atoms with Gasteiger partial charge in [0.15, 0.2) is 0 Å². The molecule has 1 N–H and O–H groups in total. The number of hydrogen-bond donors (Lipinski definition) is 1. The normalized spacial score (nSPS) is 24.1. The van der Waals surface area contributed by atoms with Crippen molar-refractivity contribution in [2.24, 2.45) is 0 Å². The van der Waals surface area contributed by atoms with Crippen LogP contribution >= 0.6 is 18.5 Å². The van der Waals surface area contributed by atoms with Gasteiger partial charge in [-0.2, -0.15) is 0 Å². The summed E-state index contributed by atoms with van der Waals surface area (Å²) in [5, 5.41) is 8.34. The van der Waals surface area contributed by atoms with E-state index in [0.29, 0.717) is 0 Å². The Morgan fingerprint density at radius 3 is 1.77 bits per heavy atom. The van der Waals surface area contributed by atoms with Gasteiger partial charge in [-0.15, -0.1) is 18.5 Å². The van der Waals surface area contributed by atoms with Gasteiger partial charge in [0.05, 0.1) is 11.3 Å². The Hall–Kier alpha value is -0.286. The minimum Gasteiger partial charge on any atom is -0.480 e. The number of imide groups is 2. The Morgan fingerprint density at radius 1 is 1.09 bits per heavy atom. The van der Waals surface area contributed by atoms with Crippen LogP contribution in [0.15, 0.2) is 0 Å². The molecule has 8 nitrogen and oxygen atoms in total. The fourth-order valence-corrected chi connectivity index (χ4v) is 2.48. The van der Waals surface area contributed by atoms with Gasteiger partial charge in [-0.3, -0.25) is 28.9 Å². The second-order valence-corrected chi connectivity index (χ2v) is 6.10. The van der Waals surface area contributed by atoms with E-state index in [0.717, 1.165) is 9.80 Å². The molecule has 0 aromatic heterocycles. The van der Waals surface area contributed by atoms with Gasteiger partial charge in [-0.25, -0.2) is 7.05 Å². The molecule has 2 saturated heterocycles. The Labute approximate surface area is 157 Å². The minimum absolute atomic E-state index is 0. The zero-order valence-electron chi connectivity index (χ0n) is 11.6. The van der Waals surface area contributed by atoms with Crippen LogP contribution in [0.5, 0.6) is 0 Å². The maximum atomic E-state index is 11.1. The van der Waals surface area contributed by atoms with Crippen LogP contribution in [0.3, 0.4) is 0 Å². The topological polar surface area (TPSA) is 112 Å². The predicted molar refractivity (Wildman–Crippen MR) is 77.8 cm³/mol. The molecular weight excluding hydrogens is 407 g/mol. The maximum Gasteiger partial charge on any atom is 0.323 e. The van der Waals surface area contributed by atoms with Crippen LogP contribution in [0.4, 0.5) is 0 Å². The summed E-state index contributed by atoms with van der Waals surface area (Å²) in [5.41, 5.74) is -0.688. The zero-order chi connectivity index (χ0) is 16.3. The van der Waals surface area contributed by atoms with Crippen LogP contribution in [-0.4, -0.2) is 62.4 Å². The van der Waals surface area contributed by atoms with Crippen molar-refractivity contribution in [1.82, 2.24) is 9.80 Å². The molecule has 2 heterocycles. The summed E-state index contributed by atoms with van der Waals surface area (Å²) in [5.74, 6) is -2.41. The Balaban J connectivity index is 0.000000397. The third-order valence-corrected chi connectivity index (χ3v) is 3.89. The minimum atomic E-state index is -1.17. The number of nitrogens with zero attached hydrogens (tertiary/aromatic N) is 2. The van der Waals surface area contributed by atoms with E-state index in [1.54, 1.807) is 0 Å². The molecule has 0 aliphatic carbocycles. The number of rotatable bonds is 2. The number of carboxylic acid groups (broad SMARTS) is 1. The Kier molecular flexibility index (Phi) is 9.00. The molecule has 0 aromatic rings. The van der Waals surface area contributed by atoms with Crippen LogP contribution in [0.25, 0.3) is 0 Å². The first-order valence-corrected chi connectivity index (χ1v) is 7.23. The first-order chi connectivity index (χ1) is 9.65. The summed E-state index contributed by atoms with van der Waals surface area (Å²) in [6, 6.07) is 0. The van der Waals surface area contributed by atoms with Crippen molar-refractivity contribution in [1.29, 1.82) is 0 Å². The summed E-state index contributed by atoms with van der Waals surface area (Å²) >= 11 is 0. The summed E-state index contributed by atoms with van der Waals surface area (Å²) in [4.78, 5) is 55.3. The van der Waals surface area contributed by atoms with Gasteiger partial charge in [0.25, 0.3) is 0 Å². The fraction of sp³-hybridized carbons (Fsp3) is 0.455. The molecule has 11 heteroatoms. The zero-order valence-corrected chi connectivity index (χ0v) is 16.7. The van der Waals surface area contributed by atoms with Gasteiger partial charge in [0, 0.05) is 45.6 Å². The molecule has 0 bridgehead atoms. The van der Waals surface area contributed by atoms with Crippen molar-refractivity contribution in [3.05, 3.63) is 7.05 Å². The standard InChI is InChI=1S/C6H8NO4P.C5H7NO2P.Y/c8-4-1-3(12)6(11)7(4)2-5(9)10;1-6-4(7)2-3(9)5(6)8;/h3H,1-2,12H2,(H,9,10);3H,1-2,9H2;/q;-1;. The Bertz CT molecular complexity index is 515. The van der Waals surface area contributed by atoms with Gasteiger partial charge < -0.3 is 10.0 Å². The molecule has 22 heavy (non-hydrogen) atoms. The van der Waals surface area contributed by atoms with Crippen molar-refractivity contribution >= 4 is 48.1 Å². The molecular formula is C11H15N2O6P2Y-. The molecule has 119 valence electrons. The van der Waals surface area contributed by atoms with E-state index >= 15 is 0 Å². The second kappa shape index (κ2) is 9.12. The summed E-state index contributed by atoms with van der Waals surface area (Å²) in [6.07, 6.45) is 0.379. The Morgan fingerprint density at radius 2 is 1.55 bits per heavy atom. The van der Waals surface area contributed by atoms with Crippen molar-refractivity contribution in [3.8, 4) is 0 Å². The van der Waals surface area contributed by atoms with E-state index in [-0.39, 0.29) is 63.0 Å². The SMILES string of the molecule is O=C(O)CN1C(=O)CC(P)C1=O.[CH2-]N1C(=O)CC(P)C1=O.[Y]. The molecule has 1 radical (unpaired) electrons. The van der Waals surface area contributed by atoms with Crippen molar-refractivity contribution in [2.45, 2.75) is 24.2 Å². The molecule has 2 fully saturated rings. The fourth-order valence-electron chi connectivity index (χ4n) is 1.72. The third-order valence-electron chi connectivity index (χ3n) is 2.85. The quantitative estimate of drug-likeness (QED) is 0.342. The van der Waals surface area contributed by atoms with Crippen molar-refractivity contribution < 1.29 is 61.8 Å². The van der Waals surface area contributed by atoms with E-state index in [2.05, 4.69) is 25.5 Å². The van der Waals surface area contributed by atoms with Gasteiger partial charge in [-0.1, -0.05) is 0 Å². The number of carbonyl (C=O) groups excluding carboxylic acids is 4. The maximum absolute atomic E-state index is 11.1. The summed E-state index contributed by atoms with van der Waals surface area (Å²) in [6.45, 7) is -0.525. The molecule has 2 rings (SSSR count). The van der Waals surface area contributed by atoms with Crippen molar-refractivity contribution in [2.75, 3.05) is 6.54 Å². The van der Waals surface area contributed by atoms with Crippen LogP contribution in [0.2, 0.25) is 0 Å². The second-order valence-electron chi connectivity index (χ2n) is 4.49. The van der Waals surface area contributed by atoms with Gasteiger partial charge in [0.2, 0.25) is 23.6 Å². The van der Waals surface area contributed by atoms with Crippen LogP contribution in [0.1, 0.15) is 12.8 Å². The summed E-state index contributed by atoms with van der Waals surface area (Å²) in [7, 11) is 7.79. The number of hydrogen-bond acceptors (Lipinski definition) is 5. The molecule has 2 aliphatic rings. The largest absolute Gasteiger partial charge is 0.480 e. The average Bonchev–Trinajstić information content (AvgIpc) is 2.75. The molecule has 2 aliphatic heterocycles. The molecule has 4 atom stereocenters. The van der Waals surface area contributed by atoms with Crippen LogP contribution in [0, 0.1) is 7.05 Å². The smallest absolute Gasteiger partial charge is 0.323 e. The van der Waals surface area contributed by atoms with Gasteiger partial charge >= 0.3 is 5.97 Å². The van der Waals surface area contributed by atoms with E-state index in [1.165, 1.54) is 0 Å². The first kappa shape index (κ1) is 21.7. The van der Waals surface area contributed by atoms with Crippen LogP contribution < -0.4 is 0 Å². The van der Waals surface area contributed by atoms with E-state index in [9.17, 15) is 24.0 Å². The molecule has 0 aromatic carbocycles. The van der Waals surface area contributed by atoms with E-state index in [4.69, 9.17) is 5.11 Å². The monoisotopic (exact) mass is 422 g/mol. The summed E-state index contributed by atoms with van der Waals surface area (Å²) < 4.78 is 0. The third kappa shape index (κ3) is 5.41. The number of carbonyl (C=O) groups is 5. The number of amides is 4. The molecule has 0 spiro atoms. The number of aliphatic carboxylic acids is 1. The van der Waals surface area contributed by atoms with Gasteiger partial charge in [-0.05, 0) is 0 Å². The average molecular weight is 422 g/mol. The molecule has 0 saturated carbocycles. The van der Waals surface area contributed by atoms with Gasteiger partial charge in [0.1, 0.15) is 6.54 Å². The van der Waals surface area contributed by atoms with E-state index in [1.807, 2.05) is 0 Å². The first-order valence-electron chi connectivity index (χ1n) is 5.89. The van der Waals surface area contributed by atoms with E-state index < -0.39 is 30.0 Å². The predicted octanol–water partition coefficient (Wildman–Crippen LogP) is -1.15. The molecule has 4 amide bonds. The number of likely N-dealkylation sites (tertiary alicyclic amines) is 2. The van der Waals surface area contributed by atoms with Crippen LogP contribution in [-0.2, 0) is 56.7 Å². The number of carboxylic acids is 1. The van der Waals surface area contributed by atoms with Crippen molar-refractivity contribution in [3.63, 3.8) is 0 Å². The molecule has 4 unspecified atom stereocenters.